The average molecular weight is 229 g/mol. The number of carbonyl (C=O) groups excluding carboxylic acids is 1. The fraction of sp³-hybridized carbons (Fsp3) is 0.214. The van der Waals surface area contributed by atoms with Gasteiger partial charge in [0.25, 0.3) is 0 Å². The highest BCUT2D eigenvalue weighted by molar-refractivity contribution is 6.05. The maximum Gasteiger partial charge on any atom is 0.190 e. The summed E-state index contributed by atoms with van der Waals surface area (Å²) < 4.78 is 5.11. The van der Waals surface area contributed by atoms with Gasteiger partial charge in [-0.25, -0.2) is 0 Å². The molecule has 0 aromatic heterocycles. The first-order valence-corrected chi connectivity index (χ1v) is 5.61. The molecule has 0 aliphatic rings. The number of Topliss-reactive ketones (excluding diaryl/α,β-unsaturated/α-hetero) is 1. The fourth-order valence-electron chi connectivity index (χ4n) is 1.77. The Labute approximate surface area is 100 Å². The van der Waals surface area contributed by atoms with Gasteiger partial charge in [-0.1, -0.05) is 24.3 Å². The fourth-order valence-corrected chi connectivity index (χ4v) is 1.77. The number of nitrogen functional groups attached to an aromatic ring is 1. The van der Waals surface area contributed by atoms with Crippen LogP contribution in [0.25, 0.3) is 10.8 Å². The van der Waals surface area contributed by atoms with Gasteiger partial charge in [-0.2, -0.15) is 0 Å². The zero-order valence-corrected chi connectivity index (χ0v) is 9.77. The molecule has 2 N–H and O–H groups in total. The van der Waals surface area contributed by atoms with E-state index >= 15 is 0 Å². The van der Waals surface area contributed by atoms with Crippen molar-refractivity contribution in [1.82, 2.24) is 0 Å². The van der Waals surface area contributed by atoms with E-state index in [4.69, 9.17) is 10.5 Å². The minimum atomic E-state index is -0.0740. The molecule has 0 spiro atoms. The summed E-state index contributed by atoms with van der Waals surface area (Å²) in [7, 11) is 0. The second-order valence-corrected chi connectivity index (χ2v) is 3.85. The van der Waals surface area contributed by atoms with Gasteiger partial charge in [0.05, 0.1) is 0 Å². The predicted molar refractivity (Wildman–Crippen MR) is 69.2 cm³/mol. The van der Waals surface area contributed by atoms with Crippen LogP contribution in [0.5, 0.6) is 0 Å². The molecular weight excluding hydrogens is 214 g/mol. The number of rotatable bonds is 4. The third-order valence-electron chi connectivity index (χ3n) is 2.66. The number of ether oxygens (including phenoxy) is 1. The molecule has 0 saturated heterocycles. The number of nitrogens with two attached hydrogens (primary N) is 1. The van der Waals surface area contributed by atoms with Crippen molar-refractivity contribution in [2.24, 2.45) is 0 Å². The van der Waals surface area contributed by atoms with E-state index in [1.54, 1.807) is 0 Å². The predicted octanol–water partition coefficient (Wildman–Crippen LogP) is 2.64. The van der Waals surface area contributed by atoms with Crippen LogP contribution in [-0.4, -0.2) is 19.0 Å². The molecule has 88 valence electrons. The summed E-state index contributed by atoms with van der Waals surface area (Å²) in [5.74, 6) is -0.0740. The van der Waals surface area contributed by atoms with E-state index in [1.165, 1.54) is 0 Å². The van der Waals surface area contributed by atoms with Crippen LogP contribution < -0.4 is 5.73 Å². The first kappa shape index (κ1) is 11.6. The molecule has 0 heterocycles. The second kappa shape index (κ2) is 4.97. The maximum atomic E-state index is 11.9. The van der Waals surface area contributed by atoms with Gasteiger partial charge < -0.3 is 10.5 Å². The average Bonchev–Trinajstić information content (AvgIpc) is 2.35. The zero-order chi connectivity index (χ0) is 12.3. The number of hydrogen-bond donors (Lipinski definition) is 1. The molecule has 2 aromatic carbocycles. The Kier molecular flexibility index (Phi) is 3.40. The van der Waals surface area contributed by atoms with E-state index in [0.29, 0.717) is 17.9 Å². The standard InChI is InChI=1S/C14H15NO2/c1-2-17-9-14(16)12-7-10-5-3-4-6-11(10)8-13(12)15/h3-8H,2,9,15H2,1H3. The van der Waals surface area contributed by atoms with Gasteiger partial charge in [0.15, 0.2) is 5.78 Å². The van der Waals surface area contributed by atoms with Gasteiger partial charge in [-0.05, 0) is 29.8 Å². The summed E-state index contributed by atoms with van der Waals surface area (Å²) in [6, 6.07) is 11.5. The van der Waals surface area contributed by atoms with Crippen LogP contribution in [0.4, 0.5) is 5.69 Å². The SMILES string of the molecule is CCOCC(=O)c1cc2ccccc2cc1N. The van der Waals surface area contributed by atoms with Gasteiger partial charge in [-0.3, -0.25) is 4.79 Å². The lowest BCUT2D eigenvalue weighted by Crippen LogP contribution is -2.11. The van der Waals surface area contributed by atoms with E-state index in [0.717, 1.165) is 10.8 Å². The molecule has 2 aromatic rings. The van der Waals surface area contributed by atoms with Crippen LogP contribution >= 0.6 is 0 Å². The molecule has 3 heteroatoms. The minimum absolute atomic E-state index is 0.0740. The Morgan fingerprint density at radius 3 is 2.53 bits per heavy atom. The topological polar surface area (TPSA) is 52.3 Å². The van der Waals surface area contributed by atoms with Crippen molar-refractivity contribution in [2.45, 2.75) is 6.92 Å². The van der Waals surface area contributed by atoms with Crippen LogP contribution in [0.2, 0.25) is 0 Å². The number of benzene rings is 2. The second-order valence-electron chi connectivity index (χ2n) is 3.85. The van der Waals surface area contributed by atoms with Gasteiger partial charge in [-0.15, -0.1) is 0 Å². The van der Waals surface area contributed by atoms with Crippen molar-refractivity contribution in [3.63, 3.8) is 0 Å². The van der Waals surface area contributed by atoms with Crippen molar-refractivity contribution in [3.05, 3.63) is 42.0 Å². The highest BCUT2D eigenvalue weighted by Crippen LogP contribution is 2.22. The minimum Gasteiger partial charge on any atom is -0.398 e. The Morgan fingerprint density at radius 2 is 1.88 bits per heavy atom. The molecule has 0 aliphatic heterocycles. The molecule has 2 rings (SSSR count). The summed E-state index contributed by atoms with van der Waals surface area (Å²) in [5.41, 5.74) is 6.93. The molecule has 3 nitrogen and oxygen atoms in total. The summed E-state index contributed by atoms with van der Waals surface area (Å²) in [6.07, 6.45) is 0. The summed E-state index contributed by atoms with van der Waals surface area (Å²) in [4.78, 5) is 11.9. The normalized spacial score (nSPS) is 10.6. The van der Waals surface area contributed by atoms with Crippen molar-refractivity contribution in [2.75, 3.05) is 18.9 Å². The molecule has 0 fully saturated rings. The zero-order valence-electron chi connectivity index (χ0n) is 9.77. The number of hydrogen-bond acceptors (Lipinski definition) is 3. The van der Waals surface area contributed by atoms with E-state index < -0.39 is 0 Å². The molecule has 17 heavy (non-hydrogen) atoms. The molecular formula is C14H15NO2. The van der Waals surface area contributed by atoms with E-state index in [9.17, 15) is 4.79 Å². The first-order valence-electron chi connectivity index (χ1n) is 5.61. The number of anilines is 1. The van der Waals surface area contributed by atoms with Crippen LogP contribution in [0.15, 0.2) is 36.4 Å². The van der Waals surface area contributed by atoms with Crippen LogP contribution in [0.1, 0.15) is 17.3 Å². The number of fused-ring (bicyclic) bond motifs is 1. The van der Waals surface area contributed by atoms with Crippen LogP contribution in [0, 0.1) is 0 Å². The van der Waals surface area contributed by atoms with E-state index in [1.807, 2.05) is 43.3 Å². The third-order valence-corrected chi connectivity index (χ3v) is 2.66. The highest BCUT2D eigenvalue weighted by atomic mass is 16.5. The number of carbonyl (C=O) groups is 1. The molecule has 0 bridgehead atoms. The highest BCUT2D eigenvalue weighted by Gasteiger charge is 2.10. The van der Waals surface area contributed by atoms with Crippen molar-refractivity contribution >= 4 is 22.2 Å². The smallest absolute Gasteiger partial charge is 0.190 e. The van der Waals surface area contributed by atoms with Crippen LogP contribution in [-0.2, 0) is 4.74 Å². The van der Waals surface area contributed by atoms with Gasteiger partial charge in [0.1, 0.15) is 6.61 Å². The molecule has 0 saturated carbocycles. The molecule has 0 radical (unpaired) electrons. The monoisotopic (exact) mass is 229 g/mol. The molecule has 0 atom stereocenters. The Balaban J connectivity index is 2.40. The lowest BCUT2D eigenvalue weighted by Gasteiger charge is -2.07. The largest absolute Gasteiger partial charge is 0.398 e. The van der Waals surface area contributed by atoms with Gasteiger partial charge >= 0.3 is 0 Å². The van der Waals surface area contributed by atoms with Crippen molar-refractivity contribution in [1.29, 1.82) is 0 Å². The van der Waals surface area contributed by atoms with Gasteiger partial charge in [0.2, 0.25) is 0 Å². The van der Waals surface area contributed by atoms with Crippen LogP contribution in [0.3, 0.4) is 0 Å². The first-order chi connectivity index (χ1) is 8.22. The Bertz CT molecular complexity index is 549. The number of ketones is 1. The van der Waals surface area contributed by atoms with E-state index in [-0.39, 0.29) is 12.4 Å². The summed E-state index contributed by atoms with van der Waals surface area (Å²) in [5, 5.41) is 2.06. The molecule has 0 amide bonds. The lowest BCUT2D eigenvalue weighted by atomic mass is 10.0. The third kappa shape index (κ3) is 2.45. The summed E-state index contributed by atoms with van der Waals surface area (Å²) >= 11 is 0. The summed E-state index contributed by atoms with van der Waals surface area (Å²) in [6.45, 7) is 2.47. The van der Waals surface area contributed by atoms with Crippen molar-refractivity contribution in [3.8, 4) is 0 Å². The lowest BCUT2D eigenvalue weighted by molar-refractivity contribution is 0.0784. The Morgan fingerprint density at radius 1 is 1.24 bits per heavy atom. The van der Waals surface area contributed by atoms with Crippen molar-refractivity contribution < 1.29 is 9.53 Å². The molecule has 0 aliphatic carbocycles. The van der Waals surface area contributed by atoms with E-state index in [2.05, 4.69) is 0 Å². The van der Waals surface area contributed by atoms with Gasteiger partial charge in [0, 0.05) is 17.9 Å². The Hall–Kier alpha value is -1.87. The quantitative estimate of drug-likeness (QED) is 0.647. The molecule has 0 unspecified atom stereocenters. The maximum absolute atomic E-state index is 11.9.